The minimum absolute atomic E-state index is 0.0122. The van der Waals surface area contributed by atoms with E-state index < -0.39 is 16.1 Å². The molecule has 1 aromatic carbocycles. The minimum Gasteiger partial charge on any atom is -0.493 e. The lowest BCUT2D eigenvalue weighted by Gasteiger charge is -2.32. The van der Waals surface area contributed by atoms with Crippen molar-refractivity contribution in [2.24, 2.45) is 5.92 Å². The van der Waals surface area contributed by atoms with Gasteiger partial charge in [-0.3, -0.25) is 4.72 Å². The van der Waals surface area contributed by atoms with Crippen LogP contribution in [0.4, 0.5) is 5.13 Å². The SMILES string of the molecule is O=S(=O)(Nc1ncns1)c1ccc2c(c1)OCC(C(O)C[C@@H]1CCCCN1)C2. The zero-order chi connectivity index (χ0) is 19.6. The molecular weight excluding hydrogens is 400 g/mol. The Morgan fingerprint density at radius 2 is 2.29 bits per heavy atom. The smallest absolute Gasteiger partial charge is 0.263 e. The summed E-state index contributed by atoms with van der Waals surface area (Å²) in [5.41, 5.74) is 0.918. The number of sulfonamides is 1. The Bertz CT molecular complexity index is 898. The molecule has 0 aliphatic carbocycles. The molecule has 2 unspecified atom stereocenters. The van der Waals surface area contributed by atoms with Gasteiger partial charge < -0.3 is 15.2 Å². The van der Waals surface area contributed by atoms with E-state index in [4.69, 9.17) is 4.74 Å². The topological polar surface area (TPSA) is 113 Å². The first kappa shape index (κ1) is 19.6. The third-order valence-corrected chi connectivity index (χ3v) is 7.40. The molecule has 3 N–H and O–H groups in total. The van der Waals surface area contributed by atoms with Crippen LogP contribution < -0.4 is 14.8 Å². The van der Waals surface area contributed by atoms with Crippen LogP contribution in [0.1, 0.15) is 31.2 Å². The molecule has 0 spiro atoms. The van der Waals surface area contributed by atoms with Crippen molar-refractivity contribution in [3.05, 3.63) is 30.1 Å². The number of aromatic nitrogens is 2. The van der Waals surface area contributed by atoms with Crippen molar-refractivity contribution in [3.8, 4) is 5.75 Å². The van der Waals surface area contributed by atoms with Gasteiger partial charge in [0.2, 0.25) is 5.13 Å². The van der Waals surface area contributed by atoms with Crippen LogP contribution in [0.3, 0.4) is 0 Å². The minimum atomic E-state index is -3.75. The molecule has 2 aliphatic heterocycles. The molecule has 0 bridgehead atoms. The Kier molecular flexibility index (Phi) is 5.81. The van der Waals surface area contributed by atoms with E-state index in [2.05, 4.69) is 19.4 Å². The number of ether oxygens (including phenoxy) is 1. The highest BCUT2D eigenvalue weighted by Gasteiger charge is 2.29. The number of nitrogens with zero attached hydrogens (tertiary/aromatic N) is 2. The highest BCUT2D eigenvalue weighted by Crippen LogP contribution is 2.32. The Morgan fingerprint density at radius 1 is 1.39 bits per heavy atom. The molecule has 1 saturated heterocycles. The van der Waals surface area contributed by atoms with Crippen molar-refractivity contribution >= 4 is 26.7 Å². The number of rotatable bonds is 6. The van der Waals surface area contributed by atoms with Crippen LogP contribution in [0.25, 0.3) is 0 Å². The average molecular weight is 425 g/mol. The lowest BCUT2D eigenvalue weighted by molar-refractivity contribution is 0.0484. The van der Waals surface area contributed by atoms with Gasteiger partial charge in [-0.05, 0) is 43.9 Å². The zero-order valence-electron chi connectivity index (χ0n) is 15.4. The summed E-state index contributed by atoms with van der Waals surface area (Å²) in [6, 6.07) is 5.22. The fourth-order valence-electron chi connectivity index (χ4n) is 3.79. The van der Waals surface area contributed by atoms with E-state index in [0.717, 1.165) is 36.5 Å². The summed E-state index contributed by atoms with van der Waals surface area (Å²) in [5.74, 6) is 0.567. The van der Waals surface area contributed by atoms with Gasteiger partial charge in [0.1, 0.15) is 12.1 Å². The summed E-state index contributed by atoms with van der Waals surface area (Å²) < 4.78 is 37.0. The second-order valence-electron chi connectivity index (χ2n) is 7.35. The first-order valence-electron chi connectivity index (χ1n) is 9.48. The Balaban J connectivity index is 1.42. The van der Waals surface area contributed by atoms with E-state index in [9.17, 15) is 13.5 Å². The van der Waals surface area contributed by atoms with Gasteiger partial charge in [-0.15, -0.1) is 0 Å². The van der Waals surface area contributed by atoms with E-state index in [1.807, 2.05) is 0 Å². The average Bonchev–Trinajstić information content (AvgIpc) is 3.20. The fourth-order valence-corrected chi connectivity index (χ4v) is 5.47. The summed E-state index contributed by atoms with van der Waals surface area (Å²) in [6.45, 7) is 1.40. The van der Waals surface area contributed by atoms with Crippen molar-refractivity contribution in [2.45, 2.75) is 49.1 Å². The molecular formula is C18H24N4O4S2. The lowest BCUT2D eigenvalue weighted by Crippen LogP contribution is -2.40. The maximum absolute atomic E-state index is 12.5. The molecule has 152 valence electrons. The van der Waals surface area contributed by atoms with Gasteiger partial charge in [0.05, 0.1) is 17.6 Å². The highest BCUT2D eigenvalue weighted by atomic mass is 32.2. The molecule has 1 aromatic heterocycles. The van der Waals surface area contributed by atoms with Gasteiger partial charge in [-0.1, -0.05) is 12.5 Å². The van der Waals surface area contributed by atoms with Gasteiger partial charge in [0, 0.05) is 29.6 Å². The van der Waals surface area contributed by atoms with Gasteiger partial charge in [0.25, 0.3) is 10.0 Å². The second-order valence-corrected chi connectivity index (χ2v) is 9.81. The molecule has 3 atom stereocenters. The van der Waals surface area contributed by atoms with E-state index in [1.54, 1.807) is 12.1 Å². The largest absolute Gasteiger partial charge is 0.493 e. The number of hydrogen-bond donors (Lipinski definition) is 3. The molecule has 28 heavy (non-hydrogen) atoms. The number of piperidine rings is 1. The molecule has 8 nitrogen and oxygen atoms in total. The standard InChI is InChI=1S/C18H24N4O4S2/c23-16(8-14-3-1-2-6-19-14)13-7-12-4-5-15(9-17(12)26-10-13)28(24,25)22-18-20-11-21-27-18/h4-5,9,11,13-14,16,19,23H,1-3,6-8,10H2,(H,20,21,22)/t13?,14-,16?/m0/s1. The molecule has 10 heteroatoms. The van der Waals surface area contributed by atoms with Gasteiger partial charge in [0.15, 0.2) is 0 Å². The first-order valence-corrected chi connectivity index (χ1v) is 11.7. The summed E-state index contributed by atoms with van der Waals surface area (Å²) >= 11 is 0.975. The molecule has 0 radical (unpaired) electrons. The normalized spacial score (nSPS) is 23.5. The Labute approximate surface area is 168 Å². The van der Waals surface area contributed by atoms with Gasteiger partial charge >= 0.3 is 0 Å². The van der Waals surface area contributed by atoms with E-state index >= 15 is 0 Å². The molecule has 4 rings (SSSR count). The number of nitrogens with one attached hydrogen (secondary N) is 2. The maximum atomic E-state index is 12.5. The number of anilines is 1. The van der Waals surface area contributed by atoms with E-state index in [0.29, 0.717) is 24.8 Å². The summed E-state index contributed by atoms with van der Waals surface area (Å²) in [4.78, 5) is 3.96. The van der Waals surface area contributed by atoms with E-state index in [-0.39, 0.29) is 15.9 Å². The number of benzene rings is 1. The molecule has 3 heterocycles. The predicted octanol–water partition coefficient (Wildman–Crippen LogP) is 1.78. The summed E-state index contributed by atoms with van der Waals surface area (Å²) in [6.07, 6.45) is 5.76. The fraction of sp³-hybridized carbons (Fsp3) is 0.556. The Hall–Kier alpha value is -1.75. The monoisotopic (exact) mass is 424 g/mol. The Morgan fingerprint density at radius 3 is 3.04 bits per heavy atom. The van der Waals surface area contributed by atoms with Crippen LogP contribution in [0.2, 0.25) is 0 Å². The van der Waals surface area contributed by atoms with Crippen molar-refractivity contribution < 1.29 is 18.3 Å². The molecule has 1 fully saturated rings. The number of fused-ring (bicyclic) bond motifs is 1. The maximum Gasteiger partial charge on any atom is 0.263 e. The van der Waals surface area contributed by atoms with Crippen LogP contribution in [0.15, 0.2) is 29.4 Å². The van der Waals surface area contributed by atoms with Crippen molar-refractivity contribution in [2.75, 3.05) is 17.9 Å². The summed E-state index contributed by atoms with van der Waals surface area (Å²) in [7, 11) is -3.75. The number of aliphatic hydroxyl groups excluding tert-OH is 1. The lowest BCUT2D eigenvalue weighted by atomic mass is 9.87. The van der Waals surface area contributed by atoms with Crippen molar-refractivity contribution in [1.29, 1.82) is 0 Å². The van der Waals surface area contributed by atoms with Crippen LogP contribution in [-0.4, -0.2) is 48.2 Å². The first-order chi connectivity index (χ1) is 13.5. The molecule has 2 aliphatic rings. The third kappa shape index (κ3) is 4.45. The number of hydrogen-bond acceptors (Lipinski definition) is 8. The summed E-state index contributed by atoms with van der Waals surface area (Å²) in [5, 5.41) is 14.3. The molecule has 0 saturated carbocycles. The van der Waals surface area contributed by atoms with Crippen LogP contribution in [-0.2, 0) is 16.4 Å². The van der Waals surface area contributed by atoms with E-state index in [1.165, 1.54) is 25.2 Å². The second kappa shape index (κ2) is 8.32. The van der Waals surface area contributed by atoms with Crippen molar-refractivity contribution in [1.82, 2.24) is 14.7 Å². The van der Waals surface area contributed by atoms with Crippen LogP contribution >= 0.6 is 11.5 Å². The van der Waals surface area contributed by atoms with Gasteiger partial charge in [-0.25, -0.2) is 13.4 Å². The molecule has 0 amide bonds. The van der Waals surface area contributed by atoms with Crippen LogP contribution in [0.5, 0.6) is 5.75 Å². The quantitative estimate of drug-likeness (QED) is 0.648. The van der Waals surface area contributed by atoms with Gasteiger partial charge in [-0.2, -0.15) is 4.37 Å². The highest BCUT2D eigenvalue weighted by molar-refractivity contribution is 7.93. The zero-order valence-corrected chi connectivity index (χ0v) is 17.0. The third-order valence-electron chi connectivity index (χ3n) is 5.35. The molecule has 2 aromatic rings. The van der Waals surface area contributed by atoms with Crippen molar-refractivity contribution in [3.63, 3.8) is 0 Å². The van der Waals surface area contributed by atoms with Crippen LogP contribution in [0, 0.1) is 5.92 Å². The number of aliphatic hydroxyl groups is 1. The predicted molar refractivity (Wildman–Crippen MR) is 106 cm³/mol.